The lowest BCUT2D eigenvalue weighted by Crippen LogP contribution is -2.43. The van der Waals surface area contributed by atoms with Gasteiger partial charge in [-0.1, -0.05) is 0 Å². The molecule has 0 saturated heterocycles. The Hall–Kier alpha value is -0.490. The number of carbonyl (C=O) groups is 1. The minimum Gasteiger partial charge on any atom is -0.391 e. The van der Waals surface area contributed by atoms with E-state index in [4.69, 9.17) is 23.2 Å². The van der Waals surface area contributed by atoms with Gasteiger partial charge in [0.25, 0.3) is 0 Å². The maximum atomic E-state index is 9.95. The molecule has 0 aromatic heterocycles. The lowest BCUT2D eigenvalue weighted by atomic mass is 10.1. The Balaban J connectivity index is 4.23. The molecule has 0 saturated carbocycles. The van der Waals surface area contributed by atoms with E-state index in [1.54, 1.807) is 0 Å². The summed E-state index contributed by atoms with van der Waals surface area (Å²) in [6.07, 6.45) is -7.44. The molecule has 0 amide bonds. The van der Waals surface area contributed by atoms with Gasteiger partial charge in [0.1, 0.15) is 18.3 Å². The van der Waals surface area contributed by atoms with Crippen LogP contribution in [0, 0.1) is 0 Å². The van der Waals surface area contributed by atoms with E-state index in [1.165, 1.54) is 0 Å². The molecule has 0 aliphatic heterocycles. The van der Waals surface area contributed by atoms with Crippen molar-refractivity contribution < 1.29 is 28.0 Å². The van der Waals surface area contributed by atoms with Crippen LogP contribution in [0.2, 0.25) is 0 Å². The molecule has 0 aliphatic rings. The monoisotopic (exact) mass is 167 g/mol. The molecule has 0 aliphatic carbocycles. The molecule has 0 aromatic carbocycles. The molecule has 0 rings (SSSR count). The molecule has 0 aromatic rings. The second kappa shape index (κ2) is 4.40. The highest BCUT2D eigenvalue weighted by molar-refractivity contribution is 5.56. The van der Waals surface area contributed by atoms with Gasteiger partial charge in [-0.2, -0.15) is 0 Å². The average Bonchev–Trinajstić information content (AvgIpc) is 2.12. The van der Waals surface area contributed by atoms with Crippen LogP contribution >= 0.6 is 0 Å². The Morgan fingerprint density at radius 2 is 1.82 bits per heavy atom. The molecule has 0 spiro atoms. The van der Waals surface area contributed by atoms with Crippen molar-refractivity contribution >= 4 is 6.29 Å². The molecule has 66 valence electrons. The lowest BCUT2D eigenvalue weighted by Gasteiger charge is -2.21. The smallest absolute Gasteiger partial charge is 0.151 e. The standard InChI is InChI=1S/C6H12O5/c1-3(8)5(10)6(11)4(9)2-7/h2-6,8-11H,1H3/t3-,4+,5-,6-/m1/s1/i1+1D2. The topological polar surface area (TPSA) is 98.0 Å². The Bertz CT molecular complexity index is 165. The molecule has 4 atom stereocenters. The first-order valence-corrected chi connectivity index (χ1v) is 2.94. The predicted octanol–water partition coefficient (Wildman–Crippen LogP) is -2.35. The van der Waals surface area contributed by atoms with Crippen LogP contribution < -0.4 is 0 Å². The van der Waals surface area contributed by atoms with Gasteiger partial charge in [0.05, 0.1) is 6.10 Å². The van der Waals surface area contributed by atoms with Gasteiger partial charge in [0, 0.05) is 2.74 Å². The van der Waals surface area contributed by atoms with Crippen LogP contribution in [-0.2, 0) is 4.79 Å². The van der Waals surface area contributed by atoms with Gasteiger partial charge in [-0.15, -0.1) is 0 Å². The molecule has 0 fully saturated rings. The van der Waals surface area contributed by atoms with Gasteiger partial charge in [0.15, 0.2) is 6.29 Å². The van der Waals surface area contributed by atoms with Crippen LogP contribution in [0.4, 0.5) is 0 Å². The first kappa shape index (κ1) is 7.17. The highest BCUT2D eigenvalue weighted by Crippen LogP contribution is 2.02. The minimum atomic E-state index is -1.89. The molecular formula is C6H12O5. The summed E-state index contributed by atoms with van der Waals surface area (Å²) in [6.45, 7) is -1.76. The van der Waals surface area contributed by atoms with Crippen molar-refractivity contribution in [1.29, 1.82) is 0 Å². The minimum absolute atomic E-state index is 0.0104. The van der Waals surface area contributed by atoms with Crippen molar-refractivity contribution in [2.45, 2.75) is 31.3 Å². The molecule has 0 radical (unpaired) electrons. The summed E-state index contributed by atoms with van der Waals surface area (Å²) in [5, 5.41) is 35.6. The Morgan fingerprint density at radius 1 is 1.27 bits per heavy atom. The van der Waals surface area contributed by atoms with Gasteiger partial charge in [-0.25, -0.2) is 0 Å². The highest BCUT2D eigenvalue weighted by Gasteiger charge is 2.27. The highest BCUT2D eigenvalue weighted by atomic mass is 16.4. The van der Waals surface area contributed by atoms with Crippen molar-refractivity contribution in [2.24, 2.45) is 0 Å². The van der Waals surface area contributed by atoms with E-state index in [0.29, 0.717) is 0 Å². The average molecular weight is 167 g/mol. The van der Waals surface area contributed by atoms with Crippen molar-refractivity contribution in [3.63, 3.8) is 0 Å². The quantitative estimate of drug-likeness (QED) is 0.277. The lowest BCUT2D eigenvalue weighted by molar-refractivity contribution is -0.132. The second-order valence-corrected chi connectivity index (χ2v) is 2.10. The maximum absolute atomic E-state index is 9.95. The fraction of sp³-hybridized carbons (Fsp3) is 0.833. The van der Waals surface area contributed by atoms with E-state index < -0.39 is 31.3 Å². The van der Waals surface area contributed by atoms with Crippen molar-refractivity contribution in [1.82, 2.24) is 0 Å². The molecule has 0 unspecified atom stereocenters. The summed E-state index contributed by atoms with van der Waals surface area (Å²) < 4.78 is 13.4. The van der Waals surface area contributed by atoms with Crippen LogP contribution in [0.25, 0.3) is 0 Å². The zero-order valence-electron chi connectivity index (χ0n) is 7.66. The first-order valence-electron chi connectivity index (χ1n) is 4.09. The SMILES string of the molecule is [2H][13CH]([2H])[C@@H](O)[C@@H](O)[C@H](O)[C@@H](O)C=O. The summed E-state index contributed by atoms with van der Waals surface area (Å²) in [7, 11) is 0. The first-order chi connectivity index (χ1) is 5.91. The van der Waals surface area contributed by atoms with Crippen LogP contribution in [0.15, 0.2) is 0 Å². The predicted molar refractivity (Wildman–Crippen MR) is 35.8 cm³/mol. The van der Waals surface area contributed by atoms with Gasteiger partial charge >= 0.3 is 0 Å². The number of aliphatic hydroxyl groups excluding tert-OH is 4. The van der Waals surface area contributed by atoms with Gasteiger partial charge in [-0.3, -0.25) is 0 Å². The van der Waals surface area contributed by atoms with E-state index in [-0.39, 0.29) is 6.29 Å². The third-order valence-corrected chi connectivity index (χ3v) is 1.19. The zero-order valence-corrected chi connectivity index (χ0v) is 5.66. The molecule has 4 N–H and O–H groups in total. The van der Waals surface area contributed by atoms with Crippen LogP contribution in [0.5, 0.6) is 0 Å². The Morgan fingerprint density at radius 3 is 2.18 bits per heavy atom. The molecule has 5 nitrogen and oxygen atoms in total. The number of aldehydes is 1. The fourth-order valence-corrected chi connectivity index (χ4v) is 0.485. The van der Waals surface area contributed by atoms with E-state index in [9.17, 15) is 4.79 Å². The normalized spacial score (nSPS) is 24.8. The summed E-state index contributed by atoms with van der Waals surface area (Å²) in [6, 6.07) is 0. The van der Waals surface area contributed by atoms with Crippen molar-refractivity contribution in [3.05, 3.63) is 0 Å². The van der Waals surface area contributed by atoms with Crippen molar-refractivity contribution in [3.8, 4) is 0 Å². The molecule has 0 heterocycles. The fourth-order valence-electron chi connectivity index (χ4n) is 0.485. The zero-order chi connectivity index (χ0) is 10.6. The molecular weight excluding hydrogens is 153 g/mol. The van der Waals surface area contributed by atoms with E-state index >= 15 is 0 Å². The van der Waals surface area contributed by atoms with Gasteiger partial charge in [0.2, 0.25) is 0 Å². The van der Waals surface area contributed by atoms with E-state index in [0.717, 1.165) is 0 Å². The number of hydrogen-bond donors (Lipinski definition) is 4. The molecule has 5 heteroatoms. The van der Waals surface area contributed by atoms with E-state index in [1.807, 2.05) is 0 Å². The molecule has 11 heavy (non-hydrogen) atoms. The van der Waals surface area contributed by atoms with Crippen LogP contribution in [-0.4, -0.2) is 51.1 Å². The second-order valence-electron chi connectivity index (χ2n) is 2.10. The number of rotatable bonds is 4. The maximum Gasteiger partial charge on any atom is 0.151 e. The third-order valence-electron chi connectivity index (χ3n) is 1.19. The summed E-state index contributed by atoms with van der Waals surface area (Å²) in [5.41, 5.74) is 0. The summed E-state index contributed by atoms with van der Waals surface area (Å²) >= 11 is 0. The largest absolute Gasteiger partial charge is 0.391 e. The summed E-state index contributed by atoms with van der Waals surface area (Å²) in [4.78, 5) is 9.95. The number of hydrogen-bond acceptors (Lipinski definition) is 5. The van der Waals surface area contributed by atoms with Crippen molar-refractivity contribution in [2.75, 3.05) is 0 Å². The van der Waals surface area contributed by atoms with Gasteiger partial charge in [-0.05, 0) is 6.88 Å². The Labute approximate surface area is 66.7 Å². The van der Waals surface area contributed by atoms with E-state index in [2.05, 4.69) is 0 Å². The van der Waals surface area contributed by atoms with Gasteiger partial charge < -0.3 is 25.2 Å². The molecule has 0 bridgehead atoms. The Kier molecular flexibility index (Phi) is 2.87. The van der Waals surface area contributed by atoms with Crippen LogP contribution in [0.1, 0.15) is 9.62 Å². The number of carbonyl (C=O) groups excluding carboxylic acids is 1. The number of aliphatic hydroxyl groups is 4. The summed E-state index contributed by atoms with van der Waals surface area (Å²) in [5.74, 6) is 0. The third kappa shape index (κ3) is 2.94. The van der Waals surface area contributed by atoms with Crippen LogP contribution in [0.3, 0.4) is 0 Å².